The van der Waals surface area contributed by atoms with Gasteiger partial charge < -0.3 is 4.74 Å². The molecule has 0 bridgehead atoms. The number of fused-ring (bicyclic) bond motifs is 1. The second kappa shape index (κ2) is 3.42. The van der Waals surface area contributed by atoms with Crippen LogP contribution in [0.1, 0.15) is 0 Å². The first-order chi connectivity index (χ1) is 6.74. The summed E-state index contributed by atoms with van der Waals surface area (Å²) >= 11 is 1.31. The fourth-order valence-corrected chi connectivity index (χ4v) is 2.16. The molecule has 0 saturated heterocycles. The summed E-state index contributed by atoms with van der Waals surface area (Å²) < 4.78 is 7.88. The molecular weight excluding hydrogens is 200 g/mol. The van der Waals surface area contributed by atoms with Crippen LogP contribution in [0, 0.1) is 0 Å². The Morgan fingerprint density at radius 2 is 2.29 bits per heavy atom. The van der Waals surface area contributed by atoms with E-state index in [4.69, 9.17) is 4.74 Å². The lowest BCUT2D eigenvalue weighted by Gasteiger charge is -2.26. The van der Waals surface area contributed by atoms with Gasteiger partial charge in [-0.25, -0.2) is 4.79 Å². The number of carbonyl (C=O) groups excluding carboxylic acids is 1. The lowest BCUT2D eigenvalue weighted by atomic mass is 10.2. The van der Waals surface area contributed by atoms with Crippen molar-refractivity contribution in [2.75, 3.05) is 19.1 Å². The number of benzene rings is 1. The van der Waals surface area contributed by atoms with E-state index in [0.29, 0.717) is 5.75 Å². The van der Waals surface area contributed by atoms with Crippen molar-refractivity contribution in [1.82, 2.24) is 4.72 Å². The van der Waals surface area contributed by atoms with Crippen LogP contribution in [0.3, 0.4) is 0 Å². The van der Waals surface area contributed by atoms with E-state index >= 15 is 0 Å². The maximum atomic E-state index is 11.4. The molecule has 0 aromatic heterocycles. The number of carbonyl (C=O) groups is 1. The van der Waals surface area contributed by atoms with Crippen molar-refractivity contribution in [2.45, 2.75) is 4.90 Å². The van der Waals surface area contributed by atoms with Crippen molar-refractivity contribution in [1.29, 1.82) is 0 Å². The van der Waals surface area contributed by atoms with Crippen molar-refractivity contribution in [3.05, 3.63) is 18.2 Å². The van der Waals surface area contributed by atoms with E-state index in [1.165, 1.54) is 11.9 Å². The van der Waals surface area contributed by atoms with Crippen molar-refractivity contribution in [3.63, 3.8) is 0 Å². The number of urea groups is 1. The fourth-order valence-electron chi connectivity index (χ4n) is 1.35. The first-order valence-corrected chi connectivity index (χ1v) is 4.93. The Morgan fingerprint density at radius 1 is 1.50 bits per heavy atom. The van der Waals surface area contributed by atoms with Gasteiger partial charge in [-0.1, -0.05) is 6.07 Å². The van der Waals surface area contributed by atoms with Crippen LogP contribution >= 0.6 is 11.9 Å². The molecule has 0 spiro atoms. The van der Waals surface area contributed by atoms with Gasteiger partial charge in [0.05, 0.1) is 12.0 Å². The van der Waals surface area contributed by atoms with Gasteiger partial charge in [-0.3, -0.25) is 9.62 Å². The number of anilines is 1. The van der Waals surface area contributed by atoms with Gasteiger partial charge in [0.2, 0.25) is 0 Å². The fraction of sp³-hybridized carbons (Fsp3) is 0.222. The molecule has 0 unspecified atom stereocenters. The number of nitrogens with one attached hydrogen (secondary N) is 1. The Hall–Kier alpha value is -1.36. The van der Waals surface area contributed by atoms with E-state index in [1.54, 1.807) is 19.1 Å². The third kappa shape index (κ3) is 1.29. The first kappa shape index (κ1) is 9.21. The second-order valence-corrected chi connectivity index (χ2v) is 3.72. The number of para-hydroxylation sites is 1. The maximum Gasteiger partial charge on any atom is 0.332 e. The zero-order chi connectivity index (χ0) is 10.1. The minimum atomic E-state index is -0.132. The van der Waals surface area contributed by atoms with Crippen molar-refractivity contribution in [2.24, 2.45) is 0 Å². The second-order valence-electron chi connectivity index (χ2n) is 2.88. The van der Waals surface area contributed by atoms with Crippen LogP contribution in [0.5, 0.6) is 5.75 Å². The smallest absolute Gasteiger partial charge is 0.332 e. The minimum Gasteiger partial charge on any atom is -0.495 e. The molecule has 74 valence electrons. The van der Waals surface area contributed by atoms with Crippen molar-refractivity contribution >= 4 is 23.7 Å². The van der Waals surface area contributed by atoms with Gasteiger partial charge in [0.25, 0.3) is 0 Å². The van der Waals surface area contributed by atoms with E-state index in [2.05, 4.69) is 4.72 Å². The Kier molecular flexibility index (Phi) is 2.25. The molecule has 2 amide bonds. The highest BCUT2D eigenvalue weighted by Crippen LogP contribution is 2.39. The number of ether oxygens (including phenoxy) is 1. The molecule has 1 aliphatic heterocycles. The molecule has 0 saturated carbocycles. The van der Waals surface area contributed by atoms with E-state index in [0.717, 1.165) is 10.6 Å². The molecular formula is C9H10N2O2S. The summed E-state index contributed by atoms with van der Waals surface area (Å²) in [6.07, 6.45) is 0. The van der Waals surface area contributed by atoms with E-state index in [-0.39, 0.29) is 6.03 Å². The number of amides is 2. The summed E-state index contributed by atoms with van der Waals surface area (Å²) in [5, 5.41) is 0. The third-order valence-corrected chi connectivity index (χ3v) is 2.90. The molecule has 1 aromatic carbocycles. The normalized spacial score (nSPS) is 14.7. The topological polar surface area (TPSA) is 41.6 Å². The van der Waals surface area contributed by atoms with E-state index < -0.39 is 0 Å². The third-order valence-electron chi connectivity index (χ3n) is 2.07. The van der Waals surface area contributed by atoms with Gasteiger partial charge in [0.1, 0.15) is 11.4 Å². The zero-order valence-corrected chi connectivity index (χ0v) is 8.72. The van der Waals surface area contributed by atoms with Crippen LogP contribution in [0.2, 0.25) is 0 Å². The maximum absolute atomic E-state index is 11.4. The molecule has 0 aliphatic carbocycles. The predicted octanol–water partition coefficient (Wildman–Crippen LogP) is 1.86. The van der Waals surface area contributed by atoms with Crippen LogP contribution in [-0.2, 0) is 0 Å². The number of hydrogen-bond donors (Lipinski definition) is 1. The van der Waals surface area contributed by atoms with Crippen LogP contribution in [0.25, 0.3) is 0 Å². The Balaban J connectivity index is 2.55. The molecule has 1 aromatic rings. The zero-order valence-electron chi connectivity index (χ0n) is 7.90. The molecule has 0 atom stereocenters. The lowest BCUT2D eigenvalue weighted by molar-refractivity contribution is 0.252. The van der Waals surface area contributed by atoms with Crippen LogP contribution in [-0.4, -0.2) is 20.2 Å². The van der Waals surface area contributed by atoms with Crippen molar-refractivity contribution in [3.8, 4) is 5.75 Å². The number of rotatable bonds is 1. The summed E-state index contributed by atoms with van der Waals surface area (Å²) in [6, 6.07) is 5.55. The lowest BCUT2D eigenvalue weighted by Crippen LogP contribution is -2.37. The number of methoxy groups -OCH3 is 1. The van der Waals surface area contributed by atoms with E-state index in [9.17, 15) is 4.79 Å². The summed E-state index contributed by atoms with van der Waals surface area (Å²) in [5.74, 6) is 0.715. The van der Waals surface area contributed by atoms with Gasteiger partial charge in [-0.15, -0.1) is 0 Å². The first-order valence-electron chi connectivity index (χ1n) is 4.11. The summed E-state index contributed by atoms with van der Waals surface area (Å²) in [5.41, 5.74) is 0.823. The molecule has 1 aliphatic rings. The summed E-state index contributed by atoms with van der Waals surface area (Å²) in [4.78, 5) is 13.9. The summed E-state index contributed by atoms with van der Waals surface area (Å²) in [7, 11) is 3.32. The highest BCUT2D eigenvalue weighted by Gasteiger charge is 2.24. The SMILES string of the molecule is COc1cccc2c1N(C)C(=O)NS2. The number of nitrogens with zero attached hydrogens (tertiary/aromatic N) is 1. The largest absolute Gasteiger partial charge is 0.495 e. The number of hydrogen-bond acceptors (Lipinski definition) is 3. The molecule has 5 heteroatoms. The average Bonchev–Trinajstić information content (AvgIpc) is 2.23. The predicted molar refractivity (Wildman–Crippen MR) is 55.8 cm³/mol. The van der Waals surface area contributed by atoms with Gasteiger partial charge in [0, 0.05) is 7.05 Å². The highest BCUT2D eigenvalue weighted by atomic mass is 32.2. The van der Waals surface area contributed by atoms with Gasteiger partial charge in [0.15, 0.2) is 0 Å². The van der Waals surface area contributed by atoms with Gasteiger partial charge in [-0.2, -0.15) is 0 Å². The quantitative estimate of drug-likeness (QED) is 0.719. The van der Waals surface area contributed by atoms with Crippen LogP contribution in [0.15, 0.2) is 23.1 Å². The van der Waals surface area contributed by atoms with Crippen molar-refractivity contribution < 1.29 is 9.53 Å². The van der Waals surface area contributed by atoms with Crippen LogP contribution < -0.4 is 14.4 Å². The monoisotopic (exact) mass is 210 g/mol. The Bertz CT molecular complexity index is 367. The molecule has 0 fully saturated rings. The van der Waals surface area contributed by atoms with Gasteiger partial charge in [-0.05, 0) is 24.1 Å². The summed E-state index contributed by atoms with van der Waals surface area (Å²) in [6.45, 7) is 0. The molecule has 14 heavy (non-hydrogen) atoms. The highest BCUT2D eigenvalue weighted by molar-refractivity contribution is 7.98. The minimum absolute atomic E-state index is 0.132. The Morgan fingerprint density at radius 3 is 3.00 bits per heavy atom. The molecule has 1 N–H and O–H groups in total. The average molecular weight is 210 g/mol. The molecule has 4 nitrogen and oxygen atoms in total. The molecule has 0 radical (unpaired) electrons. The van der Waals surface area contributed by atoms with E-state index in [1.807, 2.05) is 18.2 Å². The molecule has 1 heterocycles. The van der Waals surface area contributed by atoms with Gasteiger partial charge >= 0.3 is 6.03 Å². The molecule has 2 rings (SSSR count). The standard InChI is InChI=1S/C9H10N2O2S/c1-11-8-6(13-2)4-3-5-7(8)14-10-9(11)12/h3-5H,1-2H3,(H,10,12). The Labute approximate surface area is 86.4 Å². The van der Waals surface area contributed by atoms with Crippen LogP contribution in [0.4, 0.5) is 10.5 Å².